The van der Waals surface area contributed by atoms with Gasteiger partial charge in [0.15, 0.2) is 5.66 Å². The zero-order valence-electron chi connectivity index (χ0n) is 12.1. The van der Waals surface area contributed by atoms with Gasteiger partial charge in [0.05, 0.1) is 0 Å². The van der Waals surface area contributed by atoms with E-state index in [1.54, 1.807) is 41.3 Å². The van der Waals surface area contributed by atoms with Crippen molar-refractivity contribution in [2.45, 2.75) is 5.66 Å². The Labute approximate surface area is 137 Å². The predicted molar refractivity (Wildman–Crippen MR) is 84.4 cm³/mol. The van der Waals surface area contributed by atoms with Crippen LogP contribution in [0.2, 0.25) is 5.02 Å². The number of benzene rings is 2. The molecule has 2 aliphatic heterocycles. The van der Waals surface area contributed by atoms with Crippen LogP contribution >= 0.6 is 11.6 Å². The van der Waals surface area contributed by atoms with Crippen molar-refractivity contribution < 1.29 is 14.7 Å². The van der Waals surface area contributed by atoms with Gasteiger partial charge in [-0.05, 0) is 18.2 Å². The summed E-state index contributed by atoms with van der Waals surface area (Å²) in [6, 6.07) is 14.2. The molecule has 2 heterocycles. The molecule has 2 amide bonds. The summed E-state index contributed by atoms with van der Waals surface area (Å²) in [6.07, 6.45) is -1.05. The molecule has 0 aliphatic carbocycles. The van der Waals surface area contributed by atoms with E-state index in [1.807, 2.05) is 12.1 Å². The molecule has 0 spiro atoms. The first kappa shape index (κ1) is 14.1. The van der Waals surface area contributed by atoms with E-state index in [-0.39, 0.29) is 12.5 Å². The first-order chi connectivity index (χ1) is 11.1. The van der Waals surface area contributed by atoms with Gasteiger partial charge < -0.3 is 10.0 Å². The lowest BCUT2D eigenvalue weighted by Crippen LogP contribution is -2.51. The highest BCUT2D eigenvalue weighted by atomic mass is 35.5. The van der Waals surface area contributed by atoms with Gasteiger partial charge in [0.2, 0.25) is 0 Å². The van der Waals surface area contributed by atoms with Gasteiger partial charge in [-0.15, -0.1) is 0 Å². The van der Waals surface area contributed by atoms with Crippen LogP contribution in [-0.2, 0) is 5.66 Å². The maximum absolute atomic E-state index is 12.8. The predicted octanol–water partition coefficient (Wildman–Crippen LogP) is 2.99. The van der Waals surface area contributed by atoms with Gasteiger partial charge in [-0.25, -0.2) is 4.79 Å². The van der Waals surface area contributed by atoms with Gasteiger partial charge in [-0.3, -0.25) is 9.69 Å². The molecule has 0 aromatic heterocycles. The minimum absolute atomic E-state index is 0.140. The molecule has 23 heavy (non-hydrogen) atoms. The molecule has 1 atom stereocenters. The molecular formula is C17H13ClN2O3. The van der Waals surface area contributed by atoms with E-state index in [4.69, 9.17) is 11.6 Å². The largest absolute Gasteiger partial charge is 0.465 e. The Balaban J connectivity index is 2.05. The molecule has 4 rings (SSSR count). The highest BCUT2D eigenvalue weighted by Gasteiger charge is 2.59. The fraction of sp³-hybridized carbons (Fsp3) is 0.176. The lowest BCUT2D eigenvalue weighted by molar-refractivity contribution is 0.0463. The number of carboxylic acid groups (broad SMARTS) is 1. The first-order valence-corrected chi connectivity index (χ1v) is 7.62. The quantitative estimate of drug-likeness (QED) is 0.875. The number of amides is 2. The lowest BCUT2D eigenvalue weighted by Gasteiger charge is -2.38. The summed E-state index contributed by atoms with van der Waals surface area (Å²) in [5.74, 6) is -0.140. The molecule has 2 aliphatic rings. The van der Waals surface area contributed by atoms with E-state index in [9.17, 15) is 14.7 Å². The lowest BCUT2D eigenvalue weighted by atomic mass is 9.90. The van der Waals surface area contributed by atoms with Gasteiger partial charge in [0.1, 0.15) is 0 Å². The maximum Gasteiger partial charge on any atom is 0.409 e. The molecule has 0 saturated carbocycles. The standard InChI is InChI=1S/C17H13ClN2O3/c18-12-7-5-11(6-8-12)17-14-4-2-1-3-13(14)15(21)19(17)9-10-20(17)16(22)23/h1-8H,9-10H2,(H,22,23). The Kier molecular flexibility index (Phi) is 2.90. The summed E-state index contributed by atoms with van der Waals surface area (Å²) in [7, 11) is 0. The minimum atomic E-state index is -1.11. The fourth-order valence-corrected chi connectivity index (χ4v) is 3.84. The topological polar surface area (TPSA) is 60.9 Å². The minimum Gasteiger partial charge on any atom is -0.465 e. The van der Waals surface area contributed by atoms with Crippen LogP contribution in [0.5, 0.6) is 0 Å². The van der Waals surface area contributed by atoms with Crippen LogP contribution in [0.1, 0.15) is 21.5 Å². The van der Waals surface area contributed by atoms with Crippen LogP contribution in [0, 0.1) is 0 Å². The summed E-state index contributed by atoms with van der Waals surface area (Å²) in [5.41, 5.74) is 0.866. The average molecular weight is 329 g/mol. The van der Waals surface area contributed by atoms with Crippen molar-refractivity contribution >= 4 is 23.6 Å². The van der Waals surface area contributed by atoms with Crippen molar-refractivity contribution in [3.05, 3.63) is 70.2 Å². The van der Waals surface area contributed by atoms with Crippen LogP contribution in [0.4, 0.5) is 4.79 Å². The second kappa shape index (κ2) is 4.73. The zero-order chi connectivity index (χ0) is 16.2. The normalized spacial score (nSPS) is 22.2. The molecule has 6 heteroatoms. The second-order valence-electron chi connectivity index (χ2n) is 5.62. The number of carbonyl (C=O) groups excluding carboxylic acids is 1. The summed E-state index contributed by atoms with van der Waals surface area (Å²) < 4.78 is 0. The smallest absolute Gasteiger partial charge is 0.409 e. The molecule has 2 aromatic carbocycles. The van der Waals surface area contributed by atoms with Gasteiger partial charge >= 0.3 is 6.09 Å². The molecule has 1 unspecified atom stereocenters. The van der Waals surface area contributed by atoms with Crippen LogP contribution in [0.25, 0.3) is 0 Å². The van der Waals surface area contributed by atoms with E-state index < -0.39 is 11.8 Å². The van der Waals surface area contributed by atoms with E-state index in [2.05, 4.69) is 0 Å². The van der Waals surface area contributed by atoms with Crippen LogP contribution in [0.3, 0.4) is 0 Å². The highest BCUT2D eigenvalue weighted by molar-refractivity contribution is 6.30. The summed E-state index contributed by atoms with van der Waals surface area (Å²) in [4.78, 5) is 27.6. The Bertz CT molecular complexity index is 817. The third-order valence-electron chi connectivity index (χ3n) is 4.58. The van der Waals surface area contributed by atoms with E-state index in [0.29, 0.717) is 22.7 Å². The van der Waals surface area contributed by atoms with Crippen LogP contribution < -0.4 is 0 Å². The molecule has 5 nitrogen and oxygen atoms in total. The Hall–Kier alpha value is -2.53. The van der Waals surface area contributed by atoms with E-state index in [0.717, 1.165) is 5.56 Å². The first-order valence-electron chi connectivity index (χ1n) is 7.25. The van der Waals surface area contributed by atoms with Crippen molar-refractivity contribution in [2.24, 2.45) is 0 Å². The molecule has 116 valence electrons. The van der Waals surface area contributed by atoms with Crippen LogP contribution in [0.15, 0.2) is 48.5 Å². The SMILES string of the molecule is O=C(O)N1CCN2C(=O)c3ccccc3C12c1ccc(Cl)cc1. The fourth-order valence-electron chi connectivity index (χ4n) is 3.71. The molecule has 2 aromatic rings. The number of nitrogens with zero attached hydrogens (tertiary/aromatic N) is 2. The number of halogens is 1. The van der Waals surface area contributed by atoms with Gasteiger partial charge in [0, 0.05) is 34.8 Å². The van der Waals surface area contributed by atoms with Gasteiger partial charge in [0.25, 0.3) is 5.91 Å². The molecule has 1 saturated heterocycles. The number of hydrogen-bond donors (Lipinski definition) is 1. The molecule has 1 fully saturated rings. The van der Waals surface area contributed by atoms with Crippen molar-refractivity contribution in [3.8, 4) is 0 Å². The number of rotatable bonds is 1. The number of carbonyl (C=O) groups is 2. The maximum atomic E-state index is 12.8. The summed E-state index contributed by atoms with van der Waals surface area (Å²) in [6.45, 7) is 0.639. The Morgan fingerprint density at radius 2 is 1.78 bits per heavy atom. The number of hydrogen-bond acceptors (Lipinski definition) is 2. The number of fused-ring (bicyclic) bond motifs is 3. The second-order valence-corrected chi connectivity index (χ2v) is 6.05. The molecule has 0 bridgehead atoms. The van der Waals surface area contributed by atoms with Gasteiger partial charge in [-0.2, -0.15) is 0 Å². The third-order valence-corrected chi connectivity index (χ3v) is 4.84. The van der Waals surface area contributed by atoms with Crippen molar-refractivity contribution in [3.63, 3.8) is 0 Å². The van der Waals surface area contributed by atoms with Crippen LogP contribution in [-0.4, -0.2) is 40.0 Å². The van der Waals surface area contributed by atoms with Crippen molar-refractivity contribution in [2.75, 3.05) is 13.1 Å². The third kappa shape index (κ3) is 1.68. The van der Waals surface area contributed by atoms with Gasteiger partial charge in [-0.1, -0.05) is 41.9 Å². The Morgan fingerprint density at radius 3 is 2.48 bits per heavy atom. The summed E-state index contributed by atoms with van der Waals surface area (Å²) in [5, 5.41) is 10.3. The molecule has 1 N–H and O–H groups in total. The average Bonchev–Trinajstić information content (AvgIpc) is 3.05. The van der Waals surface area contributed by atoms with Crippen molar-refractivity contribution in [1.29, 1.82) is 0 Å². The molecule has 0 radical (unpaired) electrons. The monoisotopic (exact) mass is 328 g/mol. The zero-order valence-corrected chi connectivity index (χ0v) is 12.8. The summed E-state index contributed by atoms with van der Waals surface area (Å²) >= 11 is 5.98. The van der Waals surface area contributed by atoms with E-state index >= 15 is 0 Å². The van der Waals surface area contributed by atoms with Crippen molar-refractivity contribution in [1.82, 2.24) is 9.80 Å². The highest BCUT2D eigenvalue weighted by Crippen LogP contribution is 2.49. The Morgan fingerprint density at radius 1 is 1.09 bits per heavy atom. The molecular weight excluding hydrogens is 316 g/mol. The van der Waals surface area contributed by atoms with E-state index in [1.165, 1.54) is 4.90 Å².